The Balaban J connectivity index is 1.56. The summed E-state index contributed by atoms with van der Waals surface area (Å²) < 4.78 is 5.70. The van der Waals surface area contributed by atoms with Gasteiger partial charge < -0.3 is 4.74 Å². The molecule has 1 unspecified atom stereocenters. The Morgan fingerprint density at radius 2 is 1.86 bits per heavy atom. The maximum Gasteiger partial charge on any atom is 0.251 e. The number of benzene rings is 1. The molecule has 0 aromatic heterocycles. The Hall–Kier alpha value is -1.53. The fraction of sp³-hybridized carbons (Fsp3) is 0.500. The number of nitrogens with one attached hydrogen (secondary N) is 2. The second-order valence-corrected chi connectivity index (χ2v) is 6.89. The van der Waals surface area contributed by atoms with E-state index >= 15 is 0 Å². The van der Waals surface area contributed by atoms with Crippen LogP contribution in [0.25, 0.3) is 0 Å². The Bertz CT molecular complexity index is 531. The zero-order chi connectivity index (χ0) is 15.4. The summed E-state index contributed by atoms with van der Waals surface area (Å²) in [7, 11) is 0. The van der Waals surface area contributed by atoms with Gasteiger partial charge in [-0.25, -0.2) is 0 Å². The number of hydrazine groups is 1. The van der Waals surface area contributed by atoms with Crippen LogP contribution in [-0.2, 0) is 14.3 Å². The zero-order valence-corrected chi connectivity index (χ0v) is 13.1. The number of ether oxygens (including phenoxy) is 1. The lowest BCUT2D eigenvalue weighted by Gasteiger charge is -2.19. The molecule has 2 heterocycles. The molecular weight excluding hydrogens is 300 g/mol. The largest absolute Gasteiger partial charge is 0.373 e. The van der Waals surface area contributed by atoms with Crippen LogP contribution in [0.5, 0.6) is 0 Å². The van der Waals surface area contributed by atoms with Gasteiger partial charge in [-0.3, -0.25) is 20.4 Å². The average molecular weight is 320 g/mol. The Kier molecular flexibility index (Phi) is 5.00. The first-order valence-electron chi connectivity index (χ1n) is 7.63. The van der Waals surface area contributed by atoms with Crippen LogP contribution in [0.1, 0.15) is 30.9 Å². The highest BCUT2D eigenvalue weighted by Gasteiger charge is 2.35. The minimum absolute atomic E-state index is 0.0370. The Morgan fingerprint density at radius 3 is 2.59 bits per heavy atom. The molecule has 2 fully saturated rings. The van der Waals surface area contributed by atoms with Crippen molar-refractivity contribution in [2.45, 2.75) is 30.6 Å². The fourth-order valence-electron chi connectivity index (χ4n) is 2.91. The molecule has 2 aliphatic rings. The quantitative estimate of drug-likeness (QED) is 0.834. The van der Waals surface area contributed by atoms with Gasteiger partial charge in [0.2, 0.25) is 5.91 Å². The molecule has 5 nitrogen and oxygen atoms in total. The van der Waals surface area contributed by atoms with Gasteiger partial charge in [-0.1, -0.05) is 30.3 Å². The monoisotopic (exact) mass is 320 g/mol. The van der Waals surface area contributed by atoms with Crippen LogP contribution >= 0.6 is 11.8 Å². The van der Waals surface area contributed by atoms with Gasteiger partial charge in [0.1, 0.15) is 0 Å². The number of carbonyl (C=O) groups excluding carboxylic acids is 2. The van der Waals surface area contributed by atoms with E-state index in [2.05, 4.69) is 10.9 Å². The average Bonchev–Trinajstić information content (AvgIpc) is 3.24. The third-order valence-electron chi connectivity index (χ3n) is 4.09. The normalized spacial score (nSPS) is 27.5. The maximum atomic E-state index is 12.3. The minimum atomic E-state index is -0.265. The van der Waals surface area contributed by atoms with E-state index in [1.54, 1.807) is 11.8 Å². The molecule has 2 N–H and O–H groups in total. The van der Waals surface area contributed by atoms with E-state index in [-0.39, 0.29) is 29.1 Å². The summed E-state index contributed by atoms with van der Waals surface area (Å²) in [6.07, 6.45) is 2.37. The summed E-state index contributed by atoms with van der Waals surface area (Å²) in [5.74, 6) is 0.464. The van der Waals surface area contributed by atoms with Gasteiger partial charge in [0.15, 0.2) is 0 Å². The zero-order valence-electron chi connectivity index (χ0n) is 12.3. The van der Waals surface area contributed by atoms with E-state index in [0.29, 0.717) is 13.0 Å². The van der Waals surface area contributed by atoms with Crippen molar-refractivity contribution in [3.05, 3.63) is 35.9 Å². The van der Waals surface area contributed by atoms with Gasteiger partial charge in [0.25, 0.3) is 5.91 Å². The Labute approximate surface area is 134 Å². The van der Waals surface area contributed by atoms with Crippen LogP contribution in [-0.4, -0.2) is 29.4 Å². The lowest BCUT2D eigenvalue weighted by molar-refractivity contribution is -0.132. The molecule has 2 saturated heterocycles. The third kappa shape index (κ3) is 3.44. The first-order valence-corrected chi connectivity index (χ1v) is 8.68. The molecule has 3 atom stereocenters. The van der Waals surface area contributed by atoms with Crippen molar-refractivity contribution >= 4 is 23.6 Å². The topological polar surface area (TPSA) is 67.4 Å². The predicted molar refractivity (Wildman–Crippen MR) is 85.0 cm³/mol. The van der Waals surface area contributed by atoms with Crippen LogP contribution in [0.15, 0.2) is 30.3 Å². The number of amides is 2. The third-order valence-corrected chi connectivity index (χ3v) is 5.46. The van der Waals surface area contributed by atoms with E-state index in [4.69, 9.17) is 4.74 Å². The van der Waals surface area contributed by atoms with E-state index < -0.39 is 0 Å². The number of hydrogen-bond acceptors (Lipinski definition) is 4. The van der Waals surface area contributed by atoms with Crippen molar-refractivity contribution in [1.29, 1.82) is 0 Å². The molecular formula is C16H20N2O3S. The molecule has 6 heteroatoms. The molecule has 22 heavy (non-hydrogen) atoms. The van der Waals surface area contributed by atoms with Gasteiger partial charge >= 0.3 is 0 Å². The van der Waals surface area contributed by atoms with E-state index in [0.717, 1.165) is 24.2 Å². The number of hydrogen-bond donors (Lipinski definition) is 2. The molecule has 118 valence electrons. The standard InChI is InChI=1S/C16H20N2O3S/c19-15(17-18-16(20)13-7-4-10-22-13)12-8-9-21-14(12)11-5-2-1-3-6-11/h1-3,5-6,12-14H,4,7-10H2,(H,17,19)(H,18,20)/t12-,13?,14+/m0/s1. The summed E-state index contributed by atoms with van der Waals surface area (Å²) >= 11 is 1.64. The molecule has 0 spiro atoms. The highest BCUT2D eigenvalue weighted by Crippen LogP contribution is 2.34. The molecule has 0 aliphatic carbocycles. The van der Waals surface area contributed by atoms with Crippen molar-refractivity contribution in [3.8, 4) is 0 Å². The van der Waals surface area contributed by atoms with Crippen LogP contribution in [0.4, 0.5) is 0 Å². The maximum absolute atomic E-state index is 12.3. The van der Waals surface area contributed by atoms with E-state index in [9.17, 15) is 9.59 Å². The van der Waals surface area contributed by atoms with Crippen LogP contribution in [0.3, 0.4) is 0 Å². The van der Waals surface area contributed by atoms with Gasteiger partial charge in [-0.05, 0) is 30.6 Å². The SMILES string of the molecule is O=C(NNC(=O)[C@H]1CCO[C@@H]1c1ccccc1)C1CCCS1. The van der Waals surface area contributed by atoms with Crippen LogP contribution < -0.4 is 10.9 Å². The fourth-order valence-corrected chi connectivity index (χ4v) is 4.07. The van der Waals surface area contributed by atoms with Crippen molar-refractivity contribution in [2.24, 2.45) is 5.92 Å². The van der Waals surface area contributed by atoms with Crippen LogP contribution in [0.2, 0.25) is 0 Å². The molecule has 0 radical (unpaired) electrons. The molecule has 3 rings (SSSR count). The first-order chi connectivity index (χ1) is 10.8. The van der Waals surface area contributed by atoms with Gasteiger partial charge in [0, 0.05) is 6.61 Å². The second kappa shape index (κ2) is 7.15. The Morgan fingerprint density at radius 1 is 1.09 bits per heavy atom. The highest BCUT2D eigenvalue weighted by molar-refractivity contribution is 8.00. The van der Waals surface area contributed by atoms with Gasteiger partial charge in [0.05, 0.1) is 17.3 Å². The number of rotatable bonds is 3. The molecule has 1 aromatic carbocycles. The second-order valence-electron chi connectivity index (χ2n) is 5.58. The minimum Gasteiger partial charge on any atom is -0.373 e. The van der Waals surface area contributed by atoms with E-state index in [1.807, 2.05) is 30.3 Å². The predicted octanol–water partition coefficient (Wildman–Crippen LogP) is 1.81. The van der Waals surface area contributed by atoms with Crippen LogP contribution in [0, 0.1) is 5.92 Å². The van der Waals surface area contributed by atoms with Gasteiger partial charge in [-0.15, -0.1) is 11.8 Å². The van der Waals surface area contributed by atoms with E-state index in [1.165, 1.54) is 0 Å². The van der Waals surface area contributed by atoms with Crippen molar-refractivity contribution in [2.75, 3.05) is 12.4 Å². The molecule has 1 aromatic rings. The lowest BCUT2D eigenvalue weighted by Crippen LogP contribution is -2.47. The summed E-state index contributed by atoms with van der Waals surface area (Å²) in [5.41, 5.74) is 6.13. The number of thioether (sulfide) groups is 1. The smallest absolute Gasteiger partial charge is 0.251 e. The summed E-state index contributed by atoms with van der Waals surface area (Å²) in [4.78, 5) is 24.3. The van der Waals surface area contributed by atoms with Crippen molar-refractivity contribution in [1.82, 2.24) is 10.9 Å². The summed E-state index contributed by atoms with van der Waals surface area (Å²) in [6.45, 7) is 0.560. The first kappa shape index (κ1) is 15.4. The van der Waals surface area contributed by atoms with Crippen molar-refractivity contribution in [3.63, 3.8) is 0 Å². The molecule has 0 saturated carbocycles. The lowest BCUT2D eigenvalue weighted by atomic mass is 9.95. The van der Waals surface area contributed by atoms with Gasteiger partial charge in [-0.2, -0.15) is 0 Å². The molecule has 2 amide bonds. The number of carbonyl (C=O) groups is 2. The molecule has 2 aliphatic heterocycles. The summed E-state index contributed by atoms with van der Waals surface area (Å²) in [6, 6.07) is 9.73. The van der Waals surface area contributed by atoms with Crippen molar-refractivity contribution < 1.29 is 14.3 Å². The molecule has 0 bridgehead atoms. The summed E-state index contributed by atoms with van der Waals surface area (Å²) in [5, 5.41) is -0.0370. The highest BCUT2D eigenvalue weighted by atomic mass is 32.2.